The third-order valence-corrected chi connectivity index (χ3v) is 4.99. The number of amides is 1. The van der Waals surface area contributed by atoms with E-state index in [0.29, 0.717) is 18.8 Å². The zero-order valence-electron chi connectivity index (χ0n) is 13.3. The Morgan fingerprint density at radius 3 is 2.74 bits per heavy atom. The highest BCUT2D eigenvalue weighted by Gasteiger charge is 2.31. The van der Waals surface area contributed by atoms with E-state index >= 15 is 0 Å². The third-order valence-electron chi connectivity index (χ3n) is 4.34. The van der Waals surface area contributed by atoms with E-state index < -0.39 is 0 Å². The number of carbonyl (C=O) groups excluding carboxylic acids is 1. The number of hydrogen-bond acceptors (Lipinski definition) is 4. The number of benzene rings is 1. The van der Waals surface area contributed by atoms with Crippen LogP contribution in [0.15, 0.2) is 41.7 Å². The van der Waals surface area contributed by atoms with Crippen molar-refractivity contribution >= 4 is 17.7 Å². The van der Waals surface area contributed by atoms with E-state index in [0.717, 1.165) is 17.3 Å². The zero-order valence-corrected chi connectivity index (χ0v) is 14.2. The first-order valence-electron chi connectivity index (χ1n) is 7.76. The maximum Gasteiger partial charge on any atom is 0.272 e. The summed E-state index contributed by atoms with van der Waals surface area (Å²) in [6, 6.07) is 9.80. The molecule has 122 valence electrons. The van der Waals surface area contributed by atoms with Crippen molar-refractivity contribution in [2.45, 2.75) is 24.6 Å². The maximum atomic E-state index is 12.9. The Morgan fingerprint density at radius 1 is 1.39 bits per heavy atom. The Kier molecular flexibility index (Phi) is 4.73. The van der Waals surface area contributed by atoms with Crippen molar-refractivity contribution in [3.63, 3.8) is 0 Å². The van der Waals surface area contributed by atoms with Crippen LogP contribution in [0.5, 0.6) is 0 Å². The fourth-order valence-electron chi connectivity index (χ4n) is 2.98. The molecular formula is C17H21N3O2S. The SMILES string of the molecule is CSc1ncc(C(=O)N2CCC(C(C)O)C2)n1-c1ccccc1. The van der Waals surface area contributed by atoms with Crippen molar-refractivity contribution in [2.75, 3.05) is 19.3 Å². The van der Waals surface area contributed by atoms with Gasteiger partial charge in [-0.15, -0.1) is 0 Å². The van der Waals surface area contributed by atoms with Gasteiger partial charge in [0.25, 0.3) is 5.91 Å². The molecule has 1 amide bonds. The molecule has 0 saturated carbocycles. The first-order chi connectivity index (χ1) is 11.1. The van der Waals surface area contributed by atoms with E-state index in [2.05, 4.69) is 4.98 Å². The molecule has 2 atom stereocenters. The molecule has 1 N–H and O–H groups in total. The molecule has 0 radical (unpaired) electrons. The molecular weight excluding hydrogens is 310 g/mol. The van der Waals surface area contributed by atoms with E-state index in [-0.39, 0.29) is 17.9 Å². The van der Waals surface area contributed by atoms with E-state index in [9.17, 15) is 9.90 Å². The van der Waals surface area contributed by atoms with Crippen molar-refractivity contribution < 1.29 is 9.90 Å². The summed E-state index contributed by atoms with van der Waals surface area (Å²) in [5.74, 6) is 0.136. The molecule has 2 unspecified atom stereocenters. The van der Waals surface area contributed by atoms with Crippen molar-refractivity contribution in [3.05, 3.63) is 42.2 Å². The molecule has 1 aromatic heterocycles. The number of carbonyl (C=O) groups is 1. The molecule has 0 spiro atoms. The fraction of sp³-hybridized carbons (Fsp3) is 0.412. The number of para-hydroxylation sites is 1. The quantitative estimate of drug-likeness (QED) is 0.874. The minimum atomic E-state index is -0.381. The summed E-state index contributed by atoms with van der Waals surface area (Å²) in [5.41, 5.74) is 1.51. The van der Waals surface area contributed by atoms with Gasteiger partial charge >= 0.3 is 0 Å². The van der Waals surface area contributed by atoms with Gasteiger partial charge in [0, 0.05) is 24.7 Å². The van der Waals surface area contributed by atoms with Crippen molar-refractivity contribution in [3.8, 4) is 5.69 Å². The van der Waals surface area contributed by atoms with Gasteiger partial charge in [-0.25, -0.2) is 4.98 Å². The summed E-state index contributed by atoms with van der Waals surface area (Å²) < 4.78 is 1.91. The monoisotopic (exact) mass is 331 g/mol. The Morgan fingerprint density at radius 2 is 2.13 bits per heavy atom. The number of hydrogen-bond donors (Lipinski definition) is 1. The molecule has 2 aromatic rings. The van der Waals surface area contributed by atoms with Gasteiger partial charge in [-0.1, -0.05) is 30.0 Å². The van der Waals surface area contributed by atoms with Crippen LogP contribution in [0.4, 0.5) is 0 Å². The molecule has 5 nitrogen and oxygen atoms in total. The van der Waals surface area contributed by atoms with Gasteiger partial charge in [0.2, 0.25) is 0 Å². The van der Waals surface area contributed by atoms with Crippen molar-refractivity contribution in [1.82, 2.24) is 14.5 Å². The third kappa shape index (κ3) is 3.14. The summed E-state index contributed by atoms with van der Waals surface area (Å²) in [7, 11) is 0. The van der Waals surface area contributed by atoms with E-state index in [1.807, 2.05) is 46.1 Å². The number of likely N-dealkylation sites (tertiary alicyclic amines) is 1. The van der Waals surface area contributed by atoms with Crippen LogP contribution in [0.25, 0.3) is 5.69 Å². The molecule has 1 fully saturated rings. The van der Waals surface area contributed by atoms with Gasteiger partial charge in [-0.3, -0.25) is 9.36 Å². The van der Waals surface area contributed by atoms with Crippen molar-refractivity contribution in [2.24, 2.45) is 5.92 Å². The van der Waals surface area contributed by atoms with Crippen LogP contribution in [-0.2, 0) is 0 Å². The highest BCUT2D eigenvalue weighted by Crippen LogP contribution is 2.25. The van der Waals surface area contributed by atoms with Gasteiger partial charge in [0.1, 0.15) is 5.69 Å². The molecule has 3 rings (SSSR count). The Bertz CT molecular complexity index is 684. The highest BCUT2D eigenvalue weighted by atomic mass is 32.2. The lowest BCUT2D eigenvalue weighted by molar-refractivity contribution is 0.0754. The second-order valence-electron chi connectivity index (χ2n) is 5.84. The lowest BCUT2D eigenvalue weighted by atomic mass is 10.0. The topological polar surface area (TPSA) is 58.4 Å². The lowest BCUT2D eigenvalue weighted by Gasteiger charge is -2.19. The van der Waals surface area contributed by atoms with Gasteiger partial charge in [0.15, 0.2) is 5.16 Å². The molecule has 2 heterocycles. The molecule has 1 aliphatic rings. The Labute approximate surface area is 140 Å². The molecule has 0 bridgehead atoms. The first-order valence-corrected chi connectivity index (χ1v) is 8.98. The molecule has 6 heteroatoms. The standard InChI is InChI=1S/C17H21N3O2S/c1-12(21)13-8-9-19(11-13)16(22)15-10-18-17(23-2)20(15)14-6-4-3-5-7-14/h3-7,10,12-13,21H,8-9,11H2,1-2H3. The van der Waals surface area contributed by atoms with Gasteiger partial charge in [-0.2, -0.15) is 0 Å². The largest absolute Gasteiger partial charge is 0.393 e. The number of rotatable bonds is 4. The molecule has 0 aliphatic carbocycles. The van der Waals surface area contributed by atoms with Gasteiger partial charge in [-0.05, 0) is 31.7 Å². The van der Waals surface area contributed by atoms with Gasteiger partial charge in [0.05, 0.1) is 12.3 Å². The predicted octanol–water partition coefficient (Wildman–Crippen LogP) is 2.44. The van der Waals surface area contributed by atoms with E-state index in [4.69, 9.17) is 0 Å². The normalized spacial score (nSPS) is 19.1. The van der Waals surface area contributed by atoms with Crippen LogP contribution in [-0.4, -0.2) is 50.9 Å². The fourth-order valence-corrected chi connectivity index (χ4v) is 3.53. The maximum absolute atomic E-state index is 12.9. The summed E-state index contributed by atoms with van der Waals surface area (Å²) in [6.07, 6.45) is 4.07. The second kappa shape index (κ2) is 6.76. The first kappa shape index (κ1) is 16.1. The summed E-state index contributed by atoms with van der Waals surface area (Å²) in [4.78, 5) is 19.1. The summed E-state index contributed by atoms with van der Waals surface area (Å²) >= 11 is 1.52. The molecule has 23 heavy (non-hydrogen) atoms. The zero-order chi connectivity index (χ0) is 16.4. The summed E-state index contributed by atoms with van der Waals surface area (Å²) in [6.45, 7) is 3.08. The average Bonchev–Trinajstić information content (AvgIpc) is 3.22. The second-order valence-corrected chi connectivity index (χ2v) is 6.62. The van der Waals surface area contributed by atoms with E-state index in [1.54, 1.807) is 13.1 Å². The number of imidazole rings is 1. The van der Waals surface area contributed by atoms with Crippen LogP contribution in [0.1, 0.15) is 23.8 Å². The van der Waals surface area contributed by atoms with Crippen molar-refractivity contribution in [1.29, 1.82) is 0 Å². The van der Waals surface area contributed by atoms with Crippen LogP contribution in [0.2, 0.25) is 0 Å². The number of aliphatic hydroxyl groups is 1. The molecule has 1 saturated heterocycles. The number of aromatic nitrogens is 2. The summed E-state index contributed by atoms with van der Waals surface area (Å²) in [5, 5.41) is 10.5. The van der Waals surface area contributed by atoms with Crippen LogP contribution in [0.3, 0.4) is 0 Å². The van der Waals surface area contributed by atoms with Crippen LogP contribution >= 0.6 is 11.8 Å². The van der Waals surface area contributed by atoms with E-state index in [1.165, 1.54) is 11.8 Å². The lowest BCUT2D eigenvalue weighted by Crippen LogP contribution is -2.31. The Balaban J connectivity index is 1.92. The number of aliphatic hydroxyl groups excluding tert-OH is 1. The minimum absolute atomic E-state index is 0.0233. The predicted molar refractivity (Wildman–Crippen MR) is 91.0 cm³/mol. The number of thioether (sulfide) groups is 1. The van der Waals surface area contributed by atoms with Gasteiger partial charge < -0.3 is 10.0 Å². The van der Waals surface area contributed by atoms with Crippen LogP contribution < -0.4 is 0 Å². The smallest absolute Gasteiger partial charge is 0.272 e. The highest BCUT2D eigenvalue weighted by molar-refractivity contribution is 7.98. The van der Waals surface area contributed by atoms with Crippen LogP contribution in [0, 0.1) is 5.92 Å². The molecule has 1 aromatic carbocycles. The number of nitrogens with zero attached hydrogens (tertiary/aromatic N) is 3. The Hall–Kier alpha value is -1.79. The molecule has 1 aliphatic heterocycles. The minimum Gasteiger partial charge on any atom is -0.393 e. The average molecular weight is 331 g/mol.